The predicted octanol–water partition coefficient (Wildman–Crippen LogP) is 2.22. The Kier molecular flexibility index (Phi) is 5.25. The molecule has 0 aromatic heterocycles. The van der Waals surface area contributed by atoms with Crippen molar-refractivity contribution in [1.82, 2.24) is 14.7 Å². The van der Waals surface area contributed by atoms with E-state index in [0.717, 1.165) is 18.4 Å². The Labute approximate surface area is 186 Å². The fourth-order valence-corrected chi connectivity index (χ4v) is 4.41. The number of carbonyl (C=O) groups is 4. The van der Waals surface area contributed by atoms with Crippen LogP contribution in [-0.4, -0.2) is 71.1 Å². The van der Waals surface area contributed by atoms with E-state index in [1.807, 2.05) is 35.2 Å². The molecular formula is C25H25N3O4. The van der Waals surface area contributed by atoms with E-state index in [2.05, 4.69) is 0 Å². The maximum Gasteiger partial charge on any atom is 0.261 e. The summed E-state index contributed by atoms with van der Waals surface area (Å²) in [5, 5.41) is 0. The van der Waals surface area contributed by atoms with E-state index in [-0.39, 0.29) is 35.1 Å². The molecule has 164 valence electrons. The smallest absolute Gasteiger partial charge is 0.261 e. The van der Waals surface area contributed by atoms with Crippen LogP contribution in [0.15, 0.2) is 48.5 Å². The number of nitrogens with zero attached hydrogens (tertiary/aromatic N) is 3. The van der Waals surface area contributed by atoms with Crippen LogP contribution in [0, 0.1) is 5.92 Å². The van der Waals surface area contributed by atoms with Gasteiger partial charge in [-0.05, 0) is 43.0 Å². The van der Waals surface area contributed by atoms with Gasteiger partial charge in [0.15, 0.2) is 0 Å². The normalized spacial score (nSPS) is 18.2. The maximum atomic E-state index is 13.0. The molecule has 7 heteroatoms. The van der Waals surface area contributed by atoms with Gasteiger partial charge in [-0.1, -0.05) is 30.3 Å². The SMILES string of the molecule is O=C(c1ccc2c(c1)C(=O)N(CCc1ccccc1)C2=O)N1CCN(C(=O)C2CC2)CC1. The lowest BCUT2D eigenvalue weighted by Gasteiger charge is -2.35. The summed E-state index contributed by atoms with van der Waals surface area (Å²) in [6, 6.07) is 14.5. The molecule has 0 N–H and O–H groups in total. The van der Waals surface area contributed by atoms with Crippen molar-refractivity contribution < 1.29 is 19.2 Å². The van der Waals surface area contributed by atoms with E-state index >= 15 is 0 Å². The molecule has 0 atom stereocenters. The van der Waals surface area contributed by atoms with Crippen LogP contribution in [0.1, 0.15) is 49.5 Å². The molecule has 0 bridgehead atoms. The van der Waals surface area contributed by atoms with Gasteiger partial charge in [-0.25, -0.2) is 0 Å². The molecule has 7 nitrogen and oxygen atoms in total. The Morgan fingerprint density at radius 1 is 0.812 bits per heavy atom. The Balaban J connectivity index is 1.25. The summed E-state index contributed by atoms with van der Waals surface area (Å²) in [6.45, 7) is 2.33. The van der Waals surface area contributed by atoms with Crippen LogP contribution in [0.3, 0.4) is 0 Å². The van der Waals surface area contributed by atoms with Crippen LogP contribution < -0.4 is 0 Å². The number of piperazine rings is 1. The van der Waals surface area contributed by atoms with Crippen LogP contribution in [0.4, 0.5) is 0 Å². The lowest BCUT2D eigenvalue weighted by molar-refractivity contribution is -0.134. The minimum absolute atomic E-state index is 0.172. The standard InChI is InChI=1S/C25H25N3O4/c29-22(18-6-7-18)26-12-14-27(15-13-26)23(30)19-8-9-20-21(16-19)25(32)28(24(20)31)11-10-17-4-2-1-3-5-17/h1-5,8-9,16,18H,6-7,10-15H2. The molecule has 2 heterocycles. The van der Waals surface area contributed by atoms with Crippen molar-refractivity contribution in [3.05, 3.63) is 70.8 Å². The third-order valence-electron chi connectivity index (χ3n) is 6.49. The first-order valence-electron chi connectivity index (χ1n) is 11.1. The van der Waals surface area contributed by atoms with Gasteiger partial charge in [-0.15, -0.1) is 0 Å². The van der Waals surface area contributed by atoms with Crippen molar-refractivity contribution in [2.75, 3.05) is 32.7 Å². The molecule has 0 radical (unpaired) electrons. The number of fused-ring (bicyclic) bond motifs is 1. The minimum Gasteiger partial charge on any atom is -0.339 e. The number of amides is 4. The van der Waals surface area contributed by atoms with Crippen molar-refractivity contribution in [2.24, 2.45) is 5.92 Å². The van der Waals surface area contributed by atoms with Crippen molar-refractivity contribution in [2.45, 2.75) is 19.3 Å². The molecule has 0 spiro atoms. The fourth-order valence-electron chi connectivity index (χ4n) is 4.41. The van der Waals surface area contributed by atoms with Crippen LogP contribution in [-0.2, 0) is 11.2 Å². The third kappa shape index (κ3) is 3.79. The van der Waals surface area contributed by atoms with E-state index in [1.54, 1.807) is 23.1 Å². The highest BCUT2D eigenvalue weighted by atomic mass is 16.2. The zero-order valence-electron chi connectivity index (χ0n) is 17.8. The van der Waals surface area contributed by atoms with Gasteiger partial charge in [0.2, 0.25) is 5.91 Å². The third-order valence-corrected chi connectivity index (χ3v) is 6.49. The van der Waals surface area contributed by atoms with Gasteiger partial charge in [-0.2, -0.15) is 0 Å². The van der Waals surface area contributed by atoms with Crippen LogP contribution in [0.2, 0.25) is 0 Å². The highest BCUT2D eigenvalue weighted by Gasteiger charge is 2.37. The van der Waals surface area contributed by atoms with E-state index < -0.39 is 0 Å². The Morgan fingerprint density at radius 3 is 2.16 bits per heavy atom. The summed E-state index contributed by atoms with van der Waals surface area (Å²) in [7, 11) is 0. The summed E-state index contributed by atoms with van der Waals surface area (Å²) in [4.78, 5) is 55.7. The lowest BCUT2D eigenvalue weighted by atomic mass is 10.0. The molecule has 2 fully saturated rings. The van der Waals surface area contributed by atoms with Gasteiger partial charge in [0.25, 0.3) is 17.7 Å². The molecule has 1 saturated heterocycles. The summed E-state index contributed by atoms with van der Waals surface area (Å²) in [6.07, 6.45) is 2.53. The van der Waals surface area contributed by atoms with Crippen molar-refractivity contribution in [3.8, 4) is 0 Å². The van der Waals surface area contributed by atoms with Gasteiger partial charge in [0.1, 0.15) is 0 Å². The van der Waals surface area contributed by atoms with Gasteiger partial charge in [-0.3, -0.25) is 24.1 Å². The first-order valence-corrected chi connectivity index (χ1v) is 11.1. The van der Waals surface area contributed by atoms with Gasteiger partial charge in [0.05, 0.1) is 11.1 Å². The number of imide groups is 1. The van der Waals surface area contributed by atoms with Crippen LogP contribution >= 0.6 is 0 Å². The van der Waals surface area contributed by atoms with Gasteiger partial charge < -0.3 is 9.80 Å². The molecule has 4 amide bonds. The van der Waals surface area contributed by atoms with Crippen molar-refractivity contribution in [3.63, 3.8) is 0 Å². The Bertz CT molecular complexity index is 1090. The number of rotatable bonds is 5. The summed E-state index contributed by atoms with van der Waals surface area (Å²) in [5.41, 5.74) is 2.09. The van der Waals surface area contributed by atoms with E-state index in [9.17, 15) is 19.2 Å². The Morgan fingerprint density at radius 2 is 1.47 bits per heavy atom. The van der Waals surface area contributed by atoms with Crippen molar-refractivity contribution in [1.29, 1.82) is 0 Å². The molecule has 2 aromatic rings. The molecule has 3 aliphatic rings. The van der Waals surface area contributed by atoms with E-state index in [1.165, 1.54) is 4.90 Å². The molecular weight excluding hydrogens is 406 g/mol. The quantitative estimate of drug-likeness (QED) is 0.680. The Hall–Kier alpha value is -3.48. The molecule has 1 saturated carbocycles. The molecule has 5 rings (SSSR count). The van der Waals surface area contributed by atoms with E-state index in [0.29, 0.717) is 50.3 Å². The first kappa shape index (κ1) is 20.4. The lowest BCUT2D eigenvalue weighted by Crippen LogP contribution is -2.51. The molecule has 0 unspecified atom stereocenters. The average molecular weight is 431 g/mol. The monoisotopic (exact) mass is 431 g/mol. The summed E-state index contributed by atoms with van der Waals surface area (Å²) in [5.74, 6) is -0.450. The maximum absolute atomic E-state index is 13.0. The zero-order chi connectivity index (χ0) is 22.2. The first-order chi connectivity index (χ1) is 15.5. The number of hydrogen-bond acceptors (Lipinski definition) is 4. The number of hydrogen-bond donors (Lipinski definition) is 0. The van der Waals surface area contributed by atoms with Crippen LogP contribution in [0.25, 0.3) is 0 Å². The van der Waals surface area contributed by atoms with E-state index in [4.69, 9.17) is 0 Å². The van der Waals surface area contributed by atoms with Gasteiger partial charge >= 0.3 is 0 Å². The second kappa shape index (κ2) is 8.22. The molecule has 2 aliphatic heterocycles. The largest absolute Gasteiger partial charge is 0.339 e. The fraction of sp³-hybridized carbons (Fsp3) is 0.360. The zero-order valence-corrected chi connectivity index (χ0v) is 17.8. The average Bonchev–Trinajstić information content (AvgIpc) is 3.66. The number of carbonyl (C=O) groups excluding carboxylic acids is 4. The summed E-state index contributed by atoms with van der Waals surface area (Å²) >= 11 is 0. The highest BCUT2D eigenvalue weighted by molar-refractivity contribution is 6.22. The topological polar surface area (TPSA) is 78.0 Å². The van der Waals surface area contributed by atoms with Crippen molar-refractivity contribution >= 4 is 23.6 Å². The molecule has 2 aromatic carbocycles. The second-order valence-corrected chi connectivity index (χ2v) is 8.65. The van der Waals surface area contributed by atoms with Gasteiger partial charge in [0, 0.05) is 44.2 Å². The van der Waals surface area contributed by atoms with Crippen LogP contribution in [0.5, 0.6) is 0 Å². The highest BCUT2D eigenvalue weighted by Crippen LogP contribution is 2.31. The molecule has 32 heavy (non-hydrogen) atoms. The predicted molar refractivity (Wildman–Crippen MR) is 117 cm³/mol. The molecule has 1 aliphatic carbocycles. The minimum atomic E-state index is -0.351. The number of benzene rings is 2. The summed E-state index contributed by atoms with van der Waals surface area (Å²) < 4.78 is 0. The second-order valence-electron chi connectivity index (χ2n) is 8.65.